The van der Waals surface area contributed by atoms with Crippen molar-refractivity contribution in [2.45, 2.75) is 59.9 Å². The lowest BCUT2D eigenvalue weighted by molar-refractivity contribution is -0.151. The number of hydrogen-bond donors (Lipinski definition) is 2. The van der Waals surface area contributed by atoms with E-state index in [0.717, 1.165) is 18.4 Å². The second-order valence-electron chi connectivity index (χ2n) is 11.5. The number of amides is 3. The van der Waals surface area contributed by atoms with E-state index < -0.39 is 22.7 Å². The Morgan fingerprint density at radius 1 is 1.16 bits per heavy atom. The summed E-state index contributed by atoms with van der Waals surface area (Å²) in [5.41, 5.74) is 0.798. The van der Waals surface area contributed by atoms with Gasteiger partial charge in [0.25, 0.3) is 11.5 Å². The SMILES string of the molecule is CC.CCc1ccc(Nc2c(C(=O)N(C)C3CC3)c(N(C=O)c3cccc(NC(=O)C4(C)COC4)c3)c(C)c(=O)n2C)c(F)c1. The van der Waals surface area contributed by atoms with E-state index in [9.17, 15) is 19.2 Å². The Morgan fingerprint density at radius 2 is 1.84 bits per heavy atom. The molecule has 11 heteroatoms. The summed E-state index contributed by atoms with van der Waals surface area (Å²) < 4.78 is 21.6. The zero-order valence-electron chi connectivity index (χ0n) is 27.0. The number of carbonyl (C=O) groups is 3. The Hall–Kier alpha value is -4.51. The van der Waals surface area contributed by atoms with E-state index in [2.05, 4.69) is 10.6 Å². The molecule has 1 aliphatic carbocycles. The second kappa shape index (κ2) is 13.6. The van der Waals surface area contributed by atoms with Gasteiger partial charge in [0.05, 0.1) is 35.7 Å². The zero-order valence-corrected chi connectivity index (χ0v) is 27.0. The van der Waals surface area contributed by atoms with Crippen LogP contribution in [0.3, 0.4) is 0 Å². The first-order valence-corrected chi connectivity index (χ1v) is 15.3. The average Bonchev–Trinajstić information content (AvgIpc) is 3.88. The molecule has 1 aliphatic heterocycles. The number of benzene rings is 2. The van der Waals surface area contributed by atoms with Gasteiger partial charge in [0.1, 0.15) is 17.2 Å². The van der Waals surface area contributed by atoms with Crippen LogP contribution in [0.15, 0.2) is 47.3 Å². The Balaban J connectivity index is 0.00000226. The van der Waals surface area contributed by atoms with Crippen molar-refractivity contribution in [1.82, 2.24) is 9.47 Å². The number of aromatic nitrogens is 1. The first-order chi connectivity index (χ1) is 21.5. The number of halogens is 1. The highest BCUT2D eigenvalue weighted by molar-refractivity contribution is 6.09. The van der Waals surface area contributed by atoms with Crippen molar-refractivity contribution in [1.29, 1.82) is 0 Å². The summed E-state index contributed by atoms with van der Waals surface area (Å²) in [6, 6.07) is 11.3. The maximum Gasteiger partial charge on any atom is 0.259 e. The molecule has 1 saturated heterocycles. The molecule has 2 heterocycles. The normalized spacial score (nSPS) is 14.8. The number of carbonyl (C=O) groups excluding carboxylic acids is 3. The number of aryl methyl sites for hydroxylation is 1. The van der Waals surface area contributed by atoms with Crippen LogP contribution in [-0.4, -0.2) is 54.0 Å². The van der Waals surface area contributed by atoms with Crippen molar-refractivity contribution in [3.05, 3.63) is 75.3 Å². The van der Waals surface area contributed by atoms with Gasteiger partial charge in [-0.1, -0.05) is 32.9 Å². The predicted octanol–water partition coefficient (Wildman–Crippen LogP) is 5.67. The molecule has 2 aliphatic rings. The smallest absolute Gasteiger partial charge is 0.259 e. The summed E-state index contributed by atoms with van der Waals surface area (Å²) in [4.78, 5) is 56.2. The van der Waals surface area contributed by atoms with Gasteiger partial charge in [0.15, 0.2) is 0 Å². The van der Waals surface area contributed by atoms with Crippen LogP contribution in [-0.2, 0) is 27.8 Å². The maximum atomic E-state index is 15.2. The number of nitrogens with zero attached hydrogens (tertiary/aromatic N) is 3. The summed E-state index contributed by atoms with van der Waals surface area (Å²) in [5.74, 6) is -1.12. The van der Waals surface area contributed by atoms with Crippen LogP contribution < -0.4 is 21.1 Å². The van der Waals surface area contributed by atoms with Crippen molar-refractivity contribution < 1.29 is 23.5 Å². The third-order valence-corrected chi connectivity index (χ3v) is 8.23. The number of anilines is 5. The van der Waals surface area contributed by atoms with E-state index in [1.54, 1.807) is 62.2 Å². The molecule has 0 bridgehead atoms. The van der Waals surface area contributed by atoms with Crippen LogP contribution in [0.25, 0.3) is 0 Å². The largest absolute Gasteiger partial charge is 0.379 e. The minimum Gasteiger partial charge on any atom is -0.379 e. The molecule has 0 spiro atoms. The van der Waals surface area contributed by atoms with Gasteiger partial charge in [-0.05, 0) is 69.0 Å². The summed E-state index contributed by atoms with van der Waals surface area (Å²) in [6.45, 7) is 9.88. The molecule has 2 N–H and O–H groups in total. The van der Waals surface area contributed by atoms with E-state index in [4.69, 9.17) is 4.74 Å². The minimum atomic E-state index is -0.652. The highest BCUT2D eigenvalue weighted by Crippen LogP contribution is 2.38. The topological polar surface area (TPSA) is 113 Å². The fourth-order valence-corrected chi connectivity index (χ4v) is 5.18. The highest BCUT2D eigenvalue weighted by atomic mass is 19.1. The molecular formula is C34H42FN5O5. The van der Waals surface area contributed by atoms with E-state index >= 15 is 4.39 Å². The van der Waals surface area contributed by atoms with E-state index in [-0.39, 0.29) is 40.3 Å². The lowest BCUT2D eigenvalue weighted by atomic mass is 9.87. The number of hydrogen-bond acceptors (Lipinski definition) is 6. The molecule has 1 aromatic heterocycles. The molecule has 240 valence electrons. The Kier molecular flexibility index (Phi) is 10.1. The monoisotopic (exact) mass is 619 g/mol. The van der Waals surface area contributed by atoms with Crippen molar-refractivity contribution in [2.24, 2.45) is 12.5 Å². The van der Waals surface area contributed by atoms with Crippen LogP contribution >= 0.6 is 0 Å². The number of nitrogens with one attached hydrogen (secondary N) is 2. The van der Waals surface area contributed by atoms with Gasteiger partial charge < -0.3 is 20.3 Å². The van der Waals surface area contributed by atoms with Gasteiger partial charge in [-0.25, -0.2) is 4.39 Å². The van der Waals surface area contributed by atoms with Crippen molar-refractivity contribution in [2.75, 3.05) is 35.8 Å². The predicted molar refractivity (Wildman–Crippen MR) is 174 cm³/mol. The number of pyridine rings is 1. The van der Waals surface area contributed by atoms with Gasteiger partial charge in [-0.2, -0.15) is 0 Å². The summed E-state index contributed by atoms with van der Waals surface area (Å²) in [6.07, 6.45) is 2.84. The first kappa shape index (κ1) is 33.4. The van der Waals surface area contributed by atoms with Gasteiger partial charge >= 0.3 is 0 Å². The molecule has 0 unspecified atom stereocenters. The highest BCUT2D eigenvalue weighted by Gasteiger charge is 2.41. The molecule has 0 atom stereocenters. The van der Waals surface area contributed by atoms with Crippen LogP contribution in [0.2, 0.25) is 0 Å². The molecule has 2 fully saturated rings. The lowest BCUT2D eigenvalue weighted by Crippen LogP contribution is -2.49. The second-order valence-corrected chi connectivity index (χ2v) is 11.5. The Bertz CT molecular complexity index is 1660. The quantitative estimate of drug-likeness (QED) is 0.283. The fraction of sp³-hybridized carbons (Fsp3) is 0.412. The van der Waals surface area contributed by atoms with E-state index in [1.807, 2.05) is 20.8 Å². The van der Waals surface area contributed by atoms with Crippen molar-refractivity contribution in [3.63, 3.8) is 0 Å². The molecule has 3 aromatic rings. The fourth-order valence-electron chi connectivity index (χ4n) is 5.18. The summed E-state index contributed by atoms with van der Waals surface area (Å²) in [5, 5.41) is 5.86. The van der Waals surface area contributed by atoms with Gasteiger partial charge in [0, 0.05) is 31.4 Å². The van der Waals surface area contributed by atoms with E-state index in [0.29, 0.717) is 37.4 Å². The molecule has 1 saturated carbocycles. The Labute approximate surface area is 263 Å². The average molecular weight is 620 g/mol. The summed E-state index contributed by atoms with van der Waals surface area (Å²) in [7, 11) is 3.18. The molecule has 0 radical (unpaired) electrons. The molecule has 3 amide bonds. The zero-order chi connectivity index (χ0) is 33.1. The first-order valence-electron chi connectivity index (χ1n) is 15.3. The lowest BCUT2D eigenvalue weighted by Gasteiger charge is -2.36. The van der Waals surface area contributed by atoms with Crippen LogP contribution in [0.1, 0.15) is 62.0 Å². The van der Waals surface area contributed by atoms with Crippen molar-refractivity contribution >= 4 is 46.8 Å². The minimum absolute atomic E-state index is 0.0198. The number of rotatable bonds is 10. The van der Waals surface area contributed by atoms with Crippen LogP contribution in [0.5, 0.6) is 0 Å². The molecule has 45 heavy (non-hydrogen) atoms. The molecular weight excluding hydrogens is 577 g/mol. The van der Waals surface area contributed by atoms with E-state index in [1.165, 1.54) is 22.6 Å². The van der Waals surface area contributed by atoms with Crippen LogP contribution in [0.4, 0.5) is 33.0 Å². The third-order valence-electron chi connectivity index (χ3n) is 8.23. The van der Waals surface area contributed by atoms with Gasteiger partial charge in [0.2, 0.25) is 12.3 Å². The Morgan fingerprint density at radius 3 is 2.40 bits per heavy atom. The molecule has 10 nitrogen and oxygen atoms in total. The summed E-state index contributed by atoms with van der Waals surface area (Å²) >= 11 is 0. The molecule has 2 aromatic carbocycles. The van der Waals surface area contributed by atoms with Crippen molar-refractivity contribution in [3.8, 4) is 0 Å². The third kappa shape index (κ3) is 6.63. The molecule has 5 rings (SSSR count). The number of ether oxygens (including phenoxy) is 1. The standard InChI is InChI=1S/C32H36FN5O5.C2H6/c1-6-20-10-13-25(24(33)14-20)35-28-26(30(41)36(4)22-11-12-22)27(19(2)29(40)37(28)5)38(18-39)23-9-7-8-21(15-23)34-31(42)32(3)16-43-17-32;1-2/h7-10,13-15,18,22,35H,6,11-12,16-17H2,1-5H3,(H,34,42);1-2H3. The maximum absolute atomic E-state index is 15.2. The van der Waals surface area contributed by atoms with Crippen LogP contribution in [0, 0.1) is 18.2 Å². The van der Waals surface area contributed by atoms with Gasteiger partial charge in [-0.3, -0.25) is 28.6 Å². The van der Waals surface area contributed by atoms with Gasteiger partial charge in [-0.15, -0.1) is 0 Å².